The van der Waals surface area contributed by atoms with Crippen molar-refractivity contribution in [2.45, 2.75) is 32.8 Å². The van der Waals surface area contributed by atoms with E-state index in [1.54, 1.807) is 6.20 Å². The number of oxazole rings is 1. The molecule has 4 heteroatoms. The molecule has 0 fully saturated rings. The van der Waals surface area contributed by atoms with E-state index in [1.165, 1.54) is 0 Å². The van der Waals surface area contributed by atoms with Gasteiger partial charge in [0.05, 0.1) is 6.20 Å². The summed E-state index contributed by atoms with van der Waals surface area (Å²) >= 11 is 0. The van der Waals surface area contributed by atoms with Crippen molar-refractivity contribution in [1.29, 1.82) is 0 Å². The lowest BCUT2D eigenvalue weighted by atomic mass is 10.3. The van der Waals surface area contributed by atoms with Crippen LogP contribution >= 0.6 is 0 Å². The fourth-order valence-corrected chi connectivity index (χ4v) is 1.10. The van der Waals surface area contributed by atoms with Gasteiger partial charge in [-0.05, 0) is 19.4 Å². The van der Waals surface area contributed by atoms with Crippen LogP contribution in [-0.2, 0) is 17.8 Å². The average molecular weight is 198 g/mol. The number of ether oxygens (including phenoxy) is 1. The van der Waals surface area contributed by atoms with Gasteiger partial charge in [-0.15, -0.1) is 0 Å². The Labute approximate surface area is 84.5 Å². The van der Waals surface area contributed by atoms with Crippen LogP contribution in [-0.4, -0.2) is 18.1 Å². The Bertz CT molecular complexity index is 248. The van der Waals surface area contributed by atoms with Crippen LogP contribution in [0, 0.1) is 0 Å². The molecule has 0 radical (unpaired) electrons. The van der Waals surface area contributed by atoms with Gasteiger partial charge in [-0.25, -0.2) is 4.98 Å². The van der Waals surface area contributed by atoms with E-state index in [9.17, 15) is 0 Å². The highest BCUT2D eigenvalue weighted by molar-refractivity contribution is 4.92. The maximum Gasteiger partial charge on any atom is 0.194 e. The first kappa shape index (κ1) is 11.2. The monoisotopic (exact) mass is 198 g/mol. The minimum absolute atomic E-state index is 0.517. The predicted octanol–water partition coefficient (Wildman–Crippen LogP) is 1.49. The third kappa shape index (κ3) is 3.89. The first-order chi connectivity index (χ1) is 6.86. The van der Waals surface area contributed by atoms with Crippen LogP contribution in [0.1, 0.15) is 31.4 Å². The molecule has 1 aromatic heterocycles. The third-order valence-electron chi connectivity index (χ3n) is 1.79. The number of nitrogens with zero attached hydrogens (tertiary/aromatic N) is 1. The number of aromatic nitrogens is 1. The molecule has 0 aliphatic carbocycles. The van der Waals surface area contributed by atoms with E-state index in [4.69, 9.17) is 14.9 Å². The van der Waals surface area contributed by atoms with Crippen LogP contribution in [0.3, 0.4) is 0 Å². The van der Waals surface area contributed by atoms with E-state index in [0.717, 1.165) is 37.5 Å². The molecule has 0 aliphatic heterocycles. The Balaban J connectivity index is 2.27. The summed E-state index contributed by atoms with van der Waals surface area (Å²) in [5.41, 5.74) is 5.39. The molecule has 0 saturated carbocycles. The van der Waals surface area contributed by atoms with Crippen molar-refractivity contribution in [1.82, 2.24) is 4.98 Å². The summed E-state index contributed by atoms with van der Waals surface area (Å²) in [5.74, 6) is 1.55. The van der Waals surface area contributed by atoms with Gasteiger partial charge in [0.1, 0.15) is 12.4 Å². The molecular weight excluding hydrogens is 180 g/mol. The van der Waals surface area contributed by atoms with Gasteiger partial charge in [0.2, 0.25) is 0 Å². The normalized spacial score (nSPS) is 10.7. The summed E-state index contributed by atoms with van der Waals surface area (Å²) in [5, 5.41) is 0. The second-order valence-corrected chi connectivity index (χ2v) is 3.17. The fraction of sp³-hybridized carbons (Fsp3) is 0.700. The Kier molecular flexibility index (Phi) is 5.25. The smallest absolute Gasteiger partial charge is 0.194 e. The predicted molar refractivity (Wildman–Crippen MR) is 53.8 cm³/mol. The first-order valence-corrected chi connectivity index (χ1v) is 5.08. The van der Waals surface area contributed by atoms with Crippen molar-refractivity contribution in [3.8, 4) is 0 Å². The van der Waals surface area contributed by atoms with Crippen LogP contribution in [0.5, 0.6) is 0 Å². The van der Waals surface area contributed by atoms with E-state index in [1.807, 2.05) is 0 Å². The van der Waals surface area contributed by atoms with Crippen LogP contribution in [0.2, 0.25) is 0 Å². The van der Waals surface area contributed by atoms with Gasteiger partial charge in [-0.1, -0.05) is 6.92 Å². The number of nitrogens with two attached hydrogens (primary N) is 1. The molecule has 14 heavy (non-hydrogen) atoms. The van der Waals surface area contributed by atoms with E-state index in [2.05, 4.69) is 11.9 Å². The summed E-state index contributed by atoms with van der Waals surface area (Å²) in [6.45, 7) is 4.03. The highest BCUT2D eigenvalue weighted by atomic mass is 16.5. The van der Waals surface area contributed by atoms with Crippen molar-refractivity contribution in [3.05, 3.63) is 17.8 Å². The molecule has 4 nitrogen and oxygen atoms in total. The van der Waals surface area contributed by atoms with Crippen LogP contribution in [0.15, 0.2) is 10.6 Å². The zero-order valence-electron chi connectivity index (χ0n) is 8.66. The molecule has 0 atom stereocenters. The molecule has 0 amide bonds. The number of hydrogen-bond donors (Lipinski definition) is 1. The summed E-state index contributed by atoms with van der Waals surface area (Å²) in [7, 11) is 0. The van der Waals surface area contributed by atoms with Crippen LogP contribution in [0.25, 0.3) is 0 Å². The van der Waals surface area contributed by atoms with Crippen molar-refractivity contribution in [2.75, 3.05) is 13.2 Å². The molecule has 0 saturated heterocycles. The first-order valence-electron chi connectivity index (χ1n) is 5.08. The van der Waals surface area contributed by atoms with Crippen molar-refractivity contribution in [2.24, 2.45) is 5.73 Å². The molecule has 0 unspecified atom stereocenters. The molecule has 2 N–H and O–H groups in total. The maximum atomic E-state index is 5.44. The lowest BCUT2D eigenvalue weighted by Gasteiger charge is -1.97. The zero-order chi connectivity index (χ0) is 10.2. The second kappa shape index (κ2) is 6.56. The van der Waals surface area contributed by atoms with Crippen LogP contribution in [0.4, 0.5) is 0 Å². The van der Waals surface area contributed by atoms with Gasteiger partial charge in [0.25, 0.3) is 0 Å². The standard InChI is InChI=1S/C10H18N2O2/c1-2-6-13-8-9-7-12-10(14-9)4-3-5-11/h7H,2-6,8,11H2,1H3. The average Bonchev–Trinajstić information content (AvgIpc) is 2.63. The number of hydrogen-bond acceptors (Lipinski definition) is 4. The number of aryl methyl sites for hydroxylation is 1. The molecule has 0 aliphatic rings. The highest BCUT2D eigenvalue weighted by Crippen LogP contribution is 2.06. The summed E-state index contributed by atoms with van der Waals surface area (Å²) < 4.78 is 10.8. The van der Waals surface area contributed by atoms with E-state index < -0.39 is 0 Å². The molecule has 1 heterocycles. The minimum atomic E-state index is 0.517. The van der Waals surface area contributed by atoms with Crippen molar-refractivity contribution >= 4 is 0 Å². The van der Waals surface area contributed by atoms with Gasteiger partial charge in [-0.2, -0.15) is 0 Å². The quantitative estimate of drug-likeness (QED) is 0.674. The molecule has 0 spiro atoms. The Morgan fingerprint density at radius 2 is 2.43 bits per heavy atom. The fourth-order valence-electron chi connectivity index (χ4n) is 1.10. The summed E-state index contributed by atoms with van der Waals surface area (Å²) in [6, 6.07) is 0. The lowest BCUT2D eigenvalue weighted by Crippen LogP contribution is -2.00. The minimum Gasteiger partial charge on any atom is -0.443 e. The van der Waals surface area contributed by atoms with E-state index in [-0.39, 0.29) is 0 Å². The third-order valence-corrected chi connectivity index (χ3v) is 1.79. The molecule has 1 rings (SSSR count). The van der Waals surface area contributed by atoms with Gasteiger partial charge in [0, 0.05) is 13.0 Å². The summed E-state index contributed by atoms with van der Waals surface area (Å²) in [6.07, 6.45) is 4.47. The van der Waals surface area contributed by atoms with Gasteiger partial charge in [-0.3, -0.25) is 0 Å². The van der Waals surface area contributed by atoms with Crippen LogP contribution < -0.4 is 5.73 Å². The Morgan fingerprint density at radius 1 is 1.57 bits per heavy atom. The Morgan fingerprint density at radius 3 is 3.14 bits per heavy atom. The highest BCUT2D eigenvalue weighted by Gasteiger charge is 2.02. The number of rotatable bonds is 7. The van der Waals surface area contributed by atoms with E-state index >= 15 is 0 Å². The maximum absolute atomic E-state index is 5.44. The molecule has 80 valence electrons. The van der Waals surface area contributed by atoms with E-state index in [0.29, 0.717) is 13.2 Å². The van der Waals surface area contributed by atoms with Gasteiger partial charge >= 0.3 is 0 Å². The SMILES string of the molecule is CCCOCc1cnc(CCCN)o1. The summed E-state index contributed by atoms with van der Waals surface area (Å²) in [4.78, 5) is 4.13. The largest absolute Gasteiger partial charge is 0.443 e. The Hall–Kier alpha value is -0.870. The van der Waals surface area contributed by atoms with Gasteiger partial charge < -0.3 is 14.9 Å². The molecular formula is C10H18N2O2. The molecule has 1 aromatic rings. The topological polar surface area (TPSA) is 61.3 Å². The van der Waals surface area contributed by atoms with Crippen molar-refractivity contribution in [3.63, 3.8) is 0 Å². The second-order valence-electron chi connectivity index (χ2n) is 3.17. The zero-order valence-corrected chi connectivity index (χ0v) is 8.66. The molecule has 0 aromatic carbocycles. The van der Waals surface area contributed by atoms with Gasteiger partial charge in [0.15, 0.2) is 5.89 Å². The van der Waals surface area contributed by atoms with Crippen molar-refractivity contribution < 1.29 is 9.15 Å². The molecule has 0 bridgehead atoms. The lowest BCUT2D eigenvalue weighted by molar-refractivity contribution is 0.106.